The molecule has 1 amide bonds. The first-order valence-corrected chi connectivity index (χ1v) is 5.56. The average Bonchev–Trinajstić information content (AvgIpc) is 2.36. The molecule has 0 aliphatic carbocycles. The minimum Gasteiger partial charge on any atom is -0.378 e. The van der Waals surface area contributed by atoms with Crippen molar-refractivity contribution in [2.75, 3.05) is 31.3 Å². The summed E-state index contributed by atoms with van der Waals surface area (Å²) in [4.78, 5) is 30.7. The predicted molar refractivity (Wildman–Crippen MR) is 69.6 cm³/mol. The van der Waals surface area contributed by atoms with E-state index < -0.39 is 4.92 Å². The Morgan fingerprint density at radius 3 is 2.79 bits per heavy atom. The minimum atomic E-state index is -0.633. The standard InChI is InChI=1S/C10H16N6O3/c1-6(10(17)12-2)4-15(3)9-7(16(18)19)8(11)13-5-14-9/h5-6H,4H2,1-3H3,(H,12,17)(H2,11,13,14). The van der Waals surface area contributed by atoms with E-state index in [4.69, 9.17) is 5.73 Å². The third-order valence-electron chi connectivity index (χ3n) is 2.62. The van der Waals surface area contributed by atoms with Gasteiger partial charge in [-0.15, -0.1) is 0 Å². The third kappa shape index (κ3) is 3.27. The molecular weight excluding hydrogens is 252 g/mol. The van der Waals surface area contributed by atoms with Gasteiger partial charge in [0.1, 0.15) is 6.33 Å². The van der Waals surface area contributed by atoms with E-state index in [-0.39, 0.29) is 35.7 Å². The second-order valence-corrected chi connectivity index (χ2v) is 4.08. The molecule has 0 bridgehead atoms. The van der Waals surface area contributed by atoms with Crippen LogP contribution >= 0.6 is 0 Å². The Labute approximate surface area is 110 Å². The SMILES string of the molecule is CNC(=O)C(C)CN(C)c1ncnc(N)c1[N+](=O)[O-]. The molecule has 1 atom stereocenters. The largest absolute Gasteiger partial charge is 0.378 e. The Kier molecular flexibility index (Phi) is 4.56. The highest BCUT2D eigenvalue weighted by Gasteiger charge is 2.25. The molecule has 9 heteroatoms. The number of hydrogen-bond donors (Lipinski definition) is 2. The number of carbonyl (C=O) groups is 1. The maximum Gasteiger partial charge on any atom is 0.353 e. The molecule has 1 unspecified atom stereocenters. The lowest BCUT2D eigenvalue weighted by molar-refractivity contribution is -0.383. The molecule has 0 saturated heterocycles. The lowest BCUT2D eigenvalue weighted by Gasteiger charge is -2.21. The molecule has 0 saturated carbocycles. The fourth-order valence-corrected chi connectivity index (χ4v) is 1.66. The van der Waals surface area contributed by atoms with Gasteiger partial charge in [0.25, 0.3) is 0 Å². The molecule has 104 valence electrons. The van der Waals surface area contributed by atoms with Crippen molar-refractivity contribution in [2.45, 2.75) is 6.92 Å². The molecule has 19 heavy (non-hydrogen) atoms. The maximum atomic E-state index is 11.4. The van der Waals surface area contributed by atoms with Crippen LogP contribution in [-0.2, 0) is 4.79 Å². The summed E-state index contributed by atoms with van der Waals surface area (Å²) in [6, 6.07) is 0. The van der Waals surface area contributed by atoms with E-state index >= 15 is 0 Å². The van der Waals surface area contributed by atoms with Gasteiger partial charge in [-0.05, 0) is 0 Å². The Morgan fingerprint density at radius 1 is 1.63 bits per heavy atom. The van der Waals surface area contributed by atoms with Gasteiger partial charge in [-0.25, -0.2) is 9.97 Å². The Morgan fingerprint density at radius 2 is 2.26 bits per heavy atom. The smallest absolute Gasteiger partial charge is 0.353 e. The second kappa shape index (κ2) is 5.94. The average molecular weight is 268 g/mol. The predicted octanol–water partition coefficient (Wildman–Crippen LogP) is -0.215. The Hall–Kier alpha value is -2.45. The van der Waals surface area contributed by atoms with Crippen molar-refractivity contribution >= 4 is 23.2 Å². The normalized spacial score (nSPS) is 11.7. The van der Waals surface area contributed by atoms with Crippen LogP contribution in [0.2, 0.25) is 0 Å². The van der Waals surface area contributed by atoms with Crippen molar-refractivity contribution in [1.82, 2.24) is 15.3 Å². The van der Waals surface area contributed by atoms with Crippen LogP contribution in [0.15, 0.2) is 6.33 Å². The first-order valence-electron chi connectivity index (χ1n) is 5.56. The van der Waals surface area contributed by atoms with Crippen LogP contribution in [0.3, 0.4) is 0 Å². The summed E-state index contributed by atoms with van der Waals surface area (Å²) in [5, 5.41) is 13.5. The highest BCUT2D eigenvalue weighted by molar-refractivity contribution is 5.79. The van der Waals surface area contributed by atoms with Gasteiger partial charge in [0.05, 0.1) is 10.8 Å². The van der Waals surface area contributed by atoms with E-state index in [1.165, 1.54) is 11.9 Å². The van der Waals surface area contributed by atoms with Gasteiger partial charge in [-0.2, -0.15) is 0 Å². The van der Waals surface area contributed by atoms with Crippen molar-refractivity contribution in [3.63, 3.8) is 0 Å². The lowest BCUT2D eigenvalue weighted by Crippen LogP contribution is -2.35. The lowest BCUT2D eigenvalue weighted by atomic mass is 10.1. The highest BCUT2D eigenvalue weighted by Crippen LogP contribution is 2.29. The molecule has 1 aromatic rings. The number of anilines is 2. The first-order chi connectivity index (χ1) is 8.88. The molecule has 0 fully saturated rings. The van der Waals surface area contributed by atoms with Crippen LogP contribution in [0.25, 0.3) is 0 Å². The maximum absolute atomic E-state index is 11.4. The number of nitrogens with one attached hydrogen (secondary N) is 1. The summed E-state index contributed by atoms with van der Waals surface area (Å²) in [7, 11) is 3.14. The van der Waals surface area contributed by atoms with E-state index in [0.717, 1.165) is 6.33 Å². The van der Waals surface area contributed by atoms with Crippen molar-refractivity contribution in [3.05, 3.63) is 16.4 Å². The first kappa shape index (κ1) is 14.6. The van der Waals surface area contributed by atoms with Gasteiger partial charge in [0, 0.05) is 20.6 Å². The fraction of sp³-hybridized carbons (Fsp3) is 0.500. The van der Waals surface area contributed by atoms with Gasteiger partial charge in [0.15, 0.2) is 0 Å². The van der Waals surface area contributed by atoms with Crippen molar-refractivity contribution < 1.29 is 9.72 Å². The summed E-state index contributed by atoms with van der Waals surface area (Å²) >= 11 is 0. The summed E-state index contributed by atoms with van der Waals surface area (Å²) < 4.78 is 0. The van der Waals surface area contributed by atoms with E-state index in [0.29, 0.717) is 0 Å². The van der Waals surface area contributed by atoms with E-state index in [1.807, 2.05) is 0 Å². The molecule has 0 spiro atoms. The number of carbonyl (C=O) groups excluding carboxylic acids is 1. The van der Waals surface area contributed by atoms with Gasteiger partial charge >= 0.3 is 5.69 Å². The van der Waals surface area contributed by atoms with Crippen molar-refractivity contribution in [1.29, 1.82) is 0 Å². The number of nitrogens with zero attached hydrogens (tertiary/aromatic N) is 4. The van der Waals surface area contributed by atoms with Crippen LogP contribution < -0.4 is 16.0 Å². The number of hydrogen-bond acceptors (Lipinski definition) is 7. The highest BCUT2D eigenvalue weighted by atomic mass is 16.6. The summed E-state index contributed by atoms with van der Waals surface area (Å²) in [5.74, 6) is -0.606. The van der Waals surface area contributed by atoms with Crippen LogP contribution in [0.5, 0.6) is 0 Å². The Balaban J connectivity index is 3.00. The van der Waals surface area contributed by atoms with E-state index in [9.17, 15) is 14.9 Å². The molecule has 0 aromatic carbocycles. The summed E-state index contributed by atoms with van der Waals surface area (Å²) in [6.45, 7) is 1.99. The van der Waals surface area contributed by atoms with Gasteiger partial charge in [-0.1, -0.05) is 6.92 Å². The molecular formula is C10H16N6O3. The van der Waals surface area contributed by atoms with Crippen molar-refractivity contribution in [2.24, 2.45) is 5.92 Å². The third-order valence-corrected chi connectivity index (χ3v) is 2.62. The second-order valence-electron chi connectivity index (χ2n) is 4.08. The van der Waals surface area contributed by atoms with Crippen molar-refractivity contribution in [3.8, 4) is 0 Å². The Bertz CT molecular complexity index is 492. The van der Waals surface area contributed by atoms with E-state index in [2.05, 4.69) is 15.3 Å². The van der Waals surface area contributed by atoms with Crippen LogP contribution in [0.4, 0.5) is 17.3 Å². The van der Waals surface area contributed by atoms with Crippen LogP contribution in [-0.4, -0.2) is 41.4 Å². The topological polar surface area (TPSA) is 127 Å². The molecule has 3 N–H and O–H groups in total. The molecule has 0 aliphatic rings. The molecule has 1 aromatic heterocycles. The number of rotatable bonds is 5. The number of aromatic nitrogens is 2. The molecule has 0 aliphatic heterocycles. The van der Waals surface area contributed by atoms with E-state index in [1.54, 1.807) is 14.0 Å². The monoisotopic (exact) mass is 268 g/mol. The molecule has 9 nitrogen and oxygen atoms in total. The number of nitrogen functional groups attached to an aromatic ring is 1. The number of nitrogens with two attached hydrogens (primary N) is 1. The summed E-state index contributed by atoms with van der Waals surface area (Å²) in [6.07, 6.45) is 1.15. The molecule has 1 heterocycles. The van der Waals surface area contributed by atoms with Crippen LogP contribution in [0.1, 0.15) is 6.92 Å². The quantitative estimate of drug-likeness (QED) is 0.558. The minimum absolute atomic E-state index is 0.0910. The molecule has 0 radical (unpaired) electrons. The van der Waals surface area contributed by atoms with Gasteiger partial charge in [0.2, 0.25) is 17.5 Å². The van der Waals surface area contributed by atoms with Crippen LogP contribution in [0, 0.1) is 16.0 Å². The zero-order chi connectivity index (χ0) is 14.6. The van der Waals surface area contributed by atoms with Gasteiger partial charge < -0.3 is 16.0 Å². The molecule has 1 rings (SSSR count). The zero-order valence-electron chi connectivity index (χ0n) is 11.0. The fourth-order valence-electron chi connectivity index (χ4n) is 1.66. The van der Waals surface area contributed by atoms with Gasteiger partial charge in [-0.3, -0.25) is 14.9 Å². The number of amides is 1. The summed E-state index contributed by atoms with van der Waals surface area (Å²) in [5.41, 5.74) is 5.13. The number of nitro groups is 1. The zero-order valence-corrected chi connectivity index (χ0v) is 11.0.